The molecule has 5 heteroatoms. The number of fused-ring (bicyclic) bond motifs is 1. The first-order valence-corrected chi connectivity index (χ1v) is 6.67. The van der Waals surface area contributed by atoms with Crippen molar-refractivity contribution >= 4 is 17.3 Å². The molecular weight excluding hydrogens is 245 g/mol. The number of nitrogens with zero attached hydrogens (tertiary/aromatic N) is 1. The third-order valence-electron chi connectivity index (χ3n) is 3.98. The second kappa shape index (κ2) is 4.81. The van der Waals surface area contributed by atoms with E-state index in [0.29, 0.717) is 25.9 Å². The van der Waals surface area contributed by atoms with Crippen LogP contribution in [0.5, 0.6) is 0 Å². The van der Waals surface area contributed by atoms with Crippen LogP contribution in [0.4, 0.5) is 15.8 Å². The second-order valence-corrected chi connectivity index (χ2v) is 5.21. The second-order valence-electron chi connectivity index (χ2n) is 5.21. The molecule has 0 aromatic heterocycles. The summed E-state index contributed by atoms with van der Waals surface area (Å²) in [7, 11) is 1.85. The fraction of sp³-hybridized carbons (Fsp3) is 0.500. The average molecular weight is 263 g/mol. The zero-order valence-corrected chi connectivity index (χ0v) is 10.9. The molecule has 0 bridgehead atoms. The summed E-state index contributed by atoms with van der Waals surface area (Å²) in [6.07, 6.45) is 0.411. The van der Waals surface area contributed by atoms with Gasteiger partial charge in [-0.05, 0) is 30.5 Å². The fourth-order valence-electron chi connectivity index (χ4n) is 2.86. The first-order valence-electron chi connectivity index (χ1n) is 6.67. The van der Waals surface area contributed by atoms with Gasteiger partial charge in [-0.2, -0.15) is 0 Å². The molecule has 2 aliphatic rings. The van der Waals surface area contributed by atoms with Crippen LogP contribution in [-0.2, 0) is 11.2 Å². The Morgan fingerprint density at radius 2 is 2.32 bits per heavy atom. The van der Waals surface area contributed by atoms with Crippen LogP contribution in [0, 0.1) is 0 Å². The number of hydrogen-bond acceptors (Lipinski definition) is 3. The number of anilines is 2. The molecule has 1 fully saturated rings. The number of halogens is 1. The Morgan fingerprint density at radius 3 is 3.00 bits per heavy atom. The van der Waals surface area contributed by atoms with Gasteiger partial charge in [-0.3, -0.25) is 9.69 Å². The minimum atomic E-state index is -0.791. The zero-order valence-electron chi connectivity index (χ0n) is 10.9. The van der Waals surface area contributed by atoms with Crippen molar-refractivity contribution in [2.75, 3.05) is 30.8 Å². The van der Waals surface area contributed by atoms with Gasteiger partial charge >= 0.3 is 0 Å². The van der Waals surface area contributed by atoms with Gasteiger partial charge in [-0.25, -0.2) is 4.39 Å². The molecule has 3 rings (SSSR count). The quantitative estimate of drug-likeness (QED) is 0.852. The Morgan fingerprint density at radius 1 is 1.47 bits per heavy atom. The van der Waals surface area contributed by atoms with Crippen LogP contribution in [0.1, 0.15) is 12.0 Å². The van der Waals surface area contributed by atoms with Crippen molar-refractivity contribution < 1.29 is 9.18 Å². The Hall–Kier alpha value is -1.62. The predicted molar refractivity (Wildman–Crippen MR) is 73.2 cm³/mol. The molecule has 2 atom stereocenters. The van der Waals surface area contributed by atoms with E-state index in [-0.39, 0.29) is 11.9 Å². The molecule has 0 spiro atoms. The summed E-state index contributed by atoms with van der Waals surface area (Å²) in [5, 5.41) is 5.99. The summed E-state index contributed by atoms with van der Waals surface area (Å²) in [6.45, 7) is 1.05. The summed E-state index contributed by atoms with van der Waals surface area (Å²) < 4.78 is 13.3. The van der Waals surface area contributed by atoms with Crippen molar-refractivity contribution in [2.45, 2.75) is 25.1 Å². The highest BCUT2D eigenvalue weighted by Gasteiger charge is 2.35. The smallest absolute Gasteiger partial charge is 0.242 e. The minimum Gasteiger partial charge on any atom is -0.388 e. The molecule has 2 heterocycles. The molecule has 1 aromatic carbocycles. The normalized spacial score (nSPS) is 26.9. The summed E-state index contributed by atoms with van der Waals surface area (Å²) >= 11 is 0. The number of benzene rings is 1. The van der Waals surface area contributed by atoms with Gasteiger partial charge in [0.25, 0.3) is 0 Å². The van der Waals surface area contributed by atoms with Gasteiger partial charge in [0.2, 0.25) is 5.91 Å². The largest absolute Gasteiger partial charge is 0.388 e. The number of amides is 1. The van der Waals surface area contributed by atoms with Gasteiger partial charge in [0.05, 0.1) is 6.04 Å². The van der Waals surface area contributed by atoms with Crippen molar-refractivity contribution in [3.05, 3.63) is 23.8 Å². The SMILES string of the molecule is CNc1ccc2c(c1)NC(=O)C(N1CCC(F)C1)C2. The summed E-state index contributed by atoms with van der Waals surface area (Å²) in [5.74, 6) is -0.0187. The third-order valence-corrected chi connectivity index (χ3v) is 3.98. The average Bonchev–Trinajstić information content (AvgIpc) is 2.83. The maximum Gasteiger partial charge on any atom is 0.242 e. The van der Waals surface area contributed by atoms with Crippen molar-refractivity contribution in [1.29, 1.82) is 0 Å². The summed E-state index contributed by atoms with van der Waals surface area (Å²) in [4.78, 5) is 14.1. The first kappa shape index (κ1) is 12.4. The molecule has 19 heavy (non-hydrogen) atoms. The van der Waals surface area contributed by atoms with E-state index in [9.17, 15) is 9.18 Å². The van der Waals surface area contributed by atoms with E-state index in [0.717, 1.165) is 16.9 Å². The molecule has 1 aromatic rings. The van der Waals surface area contributed by atoms with E-state index < -0.39 is 6.17 Å². The number of carbonyl (C=O) groups is 1. The Kier molecular flexibility index (Phi) is 3.14. The van der Waals surface area contributed by atoms with Crippen LogP contribution >= 0.6 is 0 Å². The molecular formula is C14H18FN3O. The van der Waals surface area contributed by atoms with Crippen LogP contribution in [0.25, 0.3) is 0 Å². The van der Waals surface area contributed by atoms with E-state index in [1.165, 1.54) is 0 Å². The van der Waals surface area contributed by atoms with E-state index in [1.54, 1.807) is 0 Å². The van der Waals surface area contributed by atoms with E-state index >= 15 is 0 Å². The standard InChI is InChI=1S/C14H18FN3O/c1-16-11-3-2-9-6-13(14(19)17-12(9)7-11)18-5-4-10(15)8-18/h2-3,7,10,13,16H,4-6,8H2,1H3,(H,17,19). The van der Waals surface area contributed by atoms with Crippen molar-refractivity contribution in [1.82, 2.24) is 4.90 Å². The van der Waals surface area contributed by atoms with Crippen LogP contribution < -0.4 is 10.6 Å². The maximum absolute atomic E-state index is 13.3. The number of alkyl halides is 1. The van der Waals surface area contributed by atoms with E-state index in [4.69, 9.17) is 0 Å². The lowest BCUT2D eigenvalue weighted by molar-refractivity contribution is -0.121. The van der Waals surface area contributed by atoms with E-state index in [2.05, 4.69) is 10.6 Å². The van der Waals surface area contributed by atoms with Gasteiger partial charge in [0.15, 0.2) is 0 Å². The molecule has 4 nitrogen and oxygen atoms in total. The van der Waals surface area contributed by atoms with Gasteiger partial charge in [-0.15, -0.1) is 0 Å². The lowest BCUT2D eigenvalue weighted by Crippen LogP contribution is -2.47. The molecule has 0 aliphatic carbocycles. The van der Waals surface area contributed by atoms with Crippen LogP contribution in [0.2, 0.25) is 0 Å². The Balaban J connectivity index is 1.82. The van der Waals surface area contributed by atoms with Crippen LogP contribution in [-0.4, -0.2) is 43.2 Å². The highest BCUT2D eigenvalue weighted by molar-refractivity contribution is 5.98. The summed E-state index contributed by atoms with van der Waals surface area (Å²) in [6, 6.07) is 5.73. The molecule has 102 valence electrons. The van der Waals surface area contributed by atoms with Gasteiger partial charge in [0, 0.05) is 31.5 Å². The number of hydrogen-bond donors (Lipinski definition) is 2. The monoisotopic (exact) mass is 263 g/mol. The number of nitrogens with one attached hydrogen (secondary N) is 2. The number of carbonyl (C=O) groups excluding carboxylic acids is 1. The van der Waals surface area contributed by atoms with Crippen LogP contribution in [0.3, 0.4) is 0 Å². The lowest BCUT2D eigenvalue weighted by atomic mass is 9.97. The molecule has 0 radical (unpaired) electrons. The highest BCUT2D eigenvalue weighted by atomic mass is 19.1. The molecule has 2 N–H and O–H groups in total. The predicted octanol–water partition coefficient (Wildman–Crippen LogP) is 1.64. The molecule has 1 saturated heterocycles. The zero-order chi connectivity index (χ0) is 13.4. The van der Waals surface area contributed by atoms with Gasteiger partial charge in [-0.1, -0.05) is 6.07 Å². The van der Waals surface area contributed by atoms with Crippen molar-refractivity contribution in [3.63, 3.8) is 0 Å². The third kappa shape index (κ3) is 2.30. The number of likely N-dealkylation sites (tertiary alicyclic amines) is 1. The van der Waals surface area contributed by atoms with Gasteiger partial charge < -0.3 is 10.6 Å². The van der Waals surface area contributed by atoms with E-state index in [1.807, 2.05) is 30.1 Å². The lowest BCUT2D eigenvalue weighted by Gasteiger charge is -2.31. The van der Waals surface area contributed by atoms with Crippen molar-refractivity contribution in [2.24, 2.45) is 0 Å². The molecule has 1 amide bonds. The molecule has 2 aliphatic heterocycles. The van der Waals surface area contributed by atoms with Crippen molar-refractivity contribution in [3.8, 4) is 0 Å². The minimum absolute atomic E-state index is 0.0187. The summed E-state index contributed by atoms with van der Waals surface area (Å²) in [5.41, 5.74) is 2.96. The fourth-order valence-corrected chi connectivity index (χ4v) is 2.86. The molecule has 2 unspecified atom stereocenters. The Labute approximate surface area is 112 Å². The topological polar surface area (TPSA) is 44.4 Å². The maximum atomic E-state index is 13.3. The Bertz CT molecular complexity index is 505. The van der Waals surface area contributed by atoms with Gasteiger partial charge in [0.1, 0.15) is 6.17 Å². The number of rotatable bonds is 2. The first-order chi connectivity index (χ1) is 9.17. The van der Waals surface area contributed by atoms with Crippen LogP contribution in [0.15, 0.2) is 18.2 Å². The molecule has 0 saturated carbocycles. The highest BCUT2D eigenvalue weighted by Crippen LogP contribution is 2.29.